The highest BCUT2D eigenvalue weighted by Crippen LogP contribution is 2.31. The molecule has 1 N–H and O–H groups in total. The lowest BCUT2D eigenvalue weighted by Crippen LogP contribution is -2.30. The number of hydrogen-bond acceptors (Lipinski definition) is 5. The van der Waals surface area contributed by atoms with Crippen LogP contribution in [0, 0.1) is 0 Å². The van der Waals surface area contributed by atoms with E-state index < -0.39 is 18.0 Å². The molecular formula is C30H22ClN3O3. The minimum atomic E-state index is -1.04. The van der Waals surface area contributed by atoms with E-state index >= 15 is 0 Å². The molecule has 0 aliphatic carbocycles. The van der Waals surface area contributed by atoms with Crippen molar-refractivity contribution in [3.63, 3.8) is 0 Å². The number of aromatic nitrogens is 2. The number of nitrogens with one attached hydrogen (secondary N) is 1. The molecule has 0 aliphatic heterocycles. The lowest BCUT2D eigenvalue weighted by Gasteiger charge is -2.15. The zero-order chi connectivity index (χ0) is 25.8. The summed E-state index contributed by atoms with van der Waals surface area (Å²) in [6, 6.07) is 31.4. The predicted octanol–water partition coefficient (Wildman–Crippen LogP) is 6.80. The topological polar surface area (TPSA) is 81.2 Å². The smallest absolute Gasteiger partial charge is 0.338 e. The number of rotatable bonds is 6. The molecule has 0 saturated heterocycles. The van der Waals surface area contributed by atoms with Crippen molar-refractivity contribution in [2.75, 3.05) is 5.32 Å². The molecule has 0 radical (unpaired) electrons. The molecule has 4 aromatic carbocycles. The fourth-order valence-corrected chi connectivity index (χ4v) is 4.04. The van der Waals surface area contributed by atoms with Crippen LogP contribution in [0.4, 0.5) is 5.69 Å². The van der Waals surface area contributed by atoms with Crippen LogP contribution in [0.15, 0.2) is 103 Å². The van der Waals surface area contributed by atoms with Gasteiger partial charge in [-0.1, -0.05) is 84.4 Å². The first-order valence-electron chi connectivity index (χ1n) is 11.7. The maximum atomic E-state index is 12.9. The molecule has 0 saturated carbocycles. The Balaban J connectivity index is 1.43. The molecule has 1 atom stereocenters. The van der Waals surface area contributed by atoms with E-state index in [4.69, 9.17) is 26.3 Å². The number of benzene rings is 4. The summed E-state index contributed by atoms with van der Waals surface area (Å²) in [6.45, 7) is 1.50. The van der Waals surface area contributed by atoms with E-state index in [2.05, 4.69) is 5.32 Å². The SMILES string of the molecule is CC(OC(=O)c1ccc2nc(-c3ccccc3)c(-c3ccccc3)nc2c1)C(=O)Nc1ccccc1Cl. The molecule has 1 amide bonds. The lowest BCUT2D eigenvalue weighted by atomic mass is 10.0. The van der Waals surface area contributed by atoms with Gasteiger partial charge in [0.1, 0.15) is 0 Å². The Morgan fingerprint density at radius 3 is 1.95 bits per heavy atom. The average Bonchev–Trinajstić information content (AvgIpc) is 2.94. The van der Waals surface area contributed by atoms with E-state index in [-0.39, 0.29) is 5.56 Å². The summed E-state index contributed by atoms with van der Waals surface area (Å²) in [6.07, 6.45) is -1.04. The third kappa shape index (κ3) is 5.34. The molecule has 0 fully saturated rings. The van der Waals surface area contributed by atoms with Gasteiger partial charge in [0.2, 0.25) is 0 Å². The fourth-order valence-electron chi connectivity index (χ4n) is 3.85. The van der Waals surface area contributed by atoms with Gasteiger partial charge in [0, 0.05) is 11.1 Å². The Kier molecular flexibility index (Phi) is 6.92. The first-order valence-corrected chi connectivity index (χ1v) is 12.1. The van der Waals surface area contributed by atoms with Crippen LogP contribution in [-0.2, 0) is 9.53 Å². The van der Waals surface area contributed by atoms with E-state index in [1.54, 1.807) is 42.5 Å². The summed E-state index contributed by atoms with van der Waals surface area (Å²) in [5, 5.41) is 3.07. The number of fused-ring (bicyclic) bond motifs is 1. The van der Waals surface area contributed by atoms with Crippen molar-refractivity contribution in [3.05, 3.63) is 114 Å². The first-order chi connectivity index (χ1) is 18.0. The highest BCUT2D eigenvalue weighted by Gasteiger charge is 2.21. The molecule has 37 heavy (non-hydrogen) atoms. The average molecular weight is 508 g/mol. The molecule has 5 rings (SSSR count). The van der Waals surface area contributed by atoms with Gasteiger partial charge in [0.05, 0.1) is 38.7 Å². The van der Waals surface area contributed by atoms with Crippen molar-refractivity contribution >= 4 is 40.2 Å². The van der Waals surface area contributed by atoms with Crippen LogP contribution in [0.25, 0.3) is 33.5 Å². The van der Waals surface area contributed by atoms with Crippen LogP contribution < -0.4 is 5.32 Å². The number of carbonyl (C=O) groups excluding carboxylic acids is 2. The van der Waals surface area contributed by atoms with Crippen molar-refractivity contribution in [1.82, 2.24) is 9.97 Å². The van der Waals surface area contributed by atoms with Crippen molar-refractivity contribution < 1.29 is 14.3 Å². The summed E-state index contributed by atoms with van der Waals surface area (Å²) < 4.78 is 5.42. The third-order valence-electron chi connectivity index (χ3n) is 5.78. The number of halogens is 1. The van der Waals surface area contributed by atoms with Crippen LogP contribution in [0.5, 0.6) is 0 Å². The Morgan fingerprint density at radius 2 is 1.32 bits per heavy atom. The van der Waals surface area contributed by atoms with Crippen molar-refractivity contribution in [2.24, 2.45) is 0 Å². The predicted molar refractivity (Wildman–Crippen MR) is 145 cm³/mol. The molecule has 1 unspecified atom stereocenters. The Bertz CT molecular complexity index is 1590. The molecule has 6 nitrogen and oxygen atoms in total. The second kappa shape index (κ2) is 10.6. The largest absolute Gasteiger partial charge is 0.449 e. The van der Waals surface area contributed by atoms with Gasteiger partial charge in [-0.15, -0.1) is 0 Å². The number of anilines is 1. The van der Waals surface area contributed by atoms with Gasteiger partial charge in [0.15, 0.2) is 6.10 Å². The van der Waals surface area contributed by atoms with Gasteiger partial charge < -0.3 is 10.1 Å². The number of nitrogens with zero attached hydrogens (tertiary/aromatic N) is 2. The normalized spacial score (nSPS) is 11.6. The third-order valence-corrected chi connectivity index (χ3v) is 6.11. The summed E-state index contributed by atoms with van der Waals surface area (Å²) in [5.74, 6) is -1.13. The first kappa shape index (κ1) is 24.2. The van der Waals surface area contributed by atoms with Crippen molar-refractivity contribution in [1.29, 1.82) is 0 Å². The zero-order valence-electron chi connectivity index (χ0n) is 19.9. The molecule has 1 heterocycles. The monoisotopic (exact) mass is 507 g/mol. The van der Waals surface area contributed by atoms with Crippen molar-refractivity contribution in [3.8, 4) is 22.5 Å². The molecule has 1 aromatic heterocycles. The number of amides is 1. The van der Waals surface area contributed by atoms with E-state index in [1.165, 1.54) is 6.92 Å². The molecule has 5 aromatic rings. The fraction of sp³-hybridized carbons (Fsp3) is 0.0667. The number of ether oxygens (including phenoxy) is 1. The van der Waals surface area contributed by atoms with E-state index in [1.807, 2.05) is 60.7 Å². The zero-order valence-corrected chi connectivity index (χ0v) is 20.6. The van der Waals surface area contributed by atoms with Gasteiger partial charge in [-0.05, 0) is 37.3 Å². The summed E-state index contributed by atoms with van der Waals surface area (Å²) in [5.41, 5.74) is 5.20. The van der Waals surface area contributed by atoms with Crippen LogP contribution in [0.2, 0.25) is 5.02 Å². The van der Waals surface area contributed by atoms with Crippen LogP contribution in [0.3, 0.4) is 0 Å². The van der Waals surface area contributed by atoms with Gasteiger partial charge in [-0.3, -0.25) is 4.79 Å². The van der Waals surface area contributed by atoms with Gasteiger partial charge in [-0.25, -0.2) is 14.8 Å². The van der Waals surface area contributed by atoms with Gasteiger partial charge in [-0.2, -0.15) is 0 Å². The summed E-state index contributed by atoms with van der Waals surface area (Å²) >= 11 is 6.10. The number of carbonyl (C=O) groups is 2. The second-order valence-electron chi connectivity index (χ2n) is 8.37. The number of esters is 1. The maximum Gasteiger partial charge on any atom is 0.338 e. The highest BCUT2D eigenvalue weighted by molar-refractivity contribution is 6.33. The maximum absolute atomic E-state index is 12.9. The molecule has 0 bridgehead atoms. The van der Waals surface area contributed by atoms with Crippen LogP contribution in [-0.4, -0.2) is 27.9 Å². The van der Waals surface area contributed by atoms with Gasteiger partial charge in [0.25, 0.3) is 5.91 Å². The minimum Gasteiger partial charge on any atom is -0.449 e. The molecular weight excluding hydrogens is 486 g/mol. The molecule has 0 spiro atoms. The van der Waals surface area contributed by atoms with Crippen LogP contribution in [0.1, 0.15) is 17.3 Å². The minimum absolute atomic E-state index is 0.269. The van der Waals surface area contributed by atoms with Gasteiger partial charge >= 0.3 is 5.97 Å². The number of hydrogen-bond donors (Lipinski definition) is 1. The van der Waals surface area contributed by atoms with Crippen molar-refractivity contribution in [2.45, 2.75) is 13.0 Å². The second-order valence-corrected chi connectivity index (χ2v) is 8.78. The molecule has 0 aliphatic rings. The van der Waals surface area contributed by atoms with Crippen LogP contribution >= 0.6 is 11.6 Å². The number of para-hydroxylation sites is 1. The Labute approximate surface area is 218 Å². The standard InChI is InChI=1S/C30H22ClN3O3/c1-19(29(35)34-24-15-9-8-14-23(24)31)37-30(36)22-16-17-25-26(18-22)33-28(21-12-6-3-7-13-21)27(32-25)20-10-4-2-5-11-20/h2-19H,1H3,(H,34,35). The van der Waals surface area contributed by atoms with E-state index in [0.29, 0.717) is 27.4 Å². The van der Waals surface area contributed by atoms with E-state index in [0.717, 1.165) is 16.8 Å². The van der Waals surface area contributed by atoms with E-state index in [9.17, 15) is 9.59 Å². The Hall–Kier alpha value is -4.55. The Morgan fingerprint density at radius 1 is 0.757 bits per heavy atom. The summed E-state index contributed by atoms with van der Waals surface area (Å²) in [4.78, 5) is 35.2. The summed E-state index contributed by atoms with van der Waals surface area (Å²) in [7, 11) is 0. The molecule has 7 heteroatoms. The quantitative estimate of drug-likeness (QED) is 0.255. The molecule has 182 valence electrons. The highest BCUT2D eigenvalue weighted by atomic mass is 35.5. The lowest BCUT2D eigenvalue weighted by molar-refractivity contribution is -0.123.